The molecule has 0 bridgehead atoms. The quantitative estimate of drug-likeness (QED) is 0.449. The number of benzene rings is 3. The number of imidazole rings is 1. The smallest absolute Gasteiger partial charge is 0.254 e. The molecule has 3 aromatic carbocycles. The summed E-state index contributed by atoms with van der Waals surface area (Å²) in [5.41, 5.74) is 5.90. The Labute approximate surface area is 185 Å². The molecule has 5 rings (SSSR count). The molecule has 1 aromatic heterocycles. The first-order valence-electron chi connectivity index (χ1n) is 10.3. The van der Waals surface area contributed by atoms with Gasteiger partial charge in [0, 0.05) is 22.6 Å². The molecule has 6 heteroatoms. The number of carbonyl (C=O) groups is 1. The van der Waals surface area contributed by atoms with E-state index in [0.717, 1.165) is 44.2 Å². The SMILES string of the molecule is CSc1ccc(C(=O)N2CCOc3ccc(-c4ccc5nc(C)[nH]c5c4)cc3C2)cc1. The van der Waals surface area contributed by atoms with Gasteiger partial charge in [-0.2, -0.15) is 0 Å². The zero-order valence-electron chi connectivity index (χ0n) is 17.5. The molecule has 2 heterocycles. The number of rotatable bonds is 3. The van der Waals surface area contributed by atoms with Crippen LogP contribution in [0.4, 0.5) is 0 Å². The van der Waals surface area contributed by atoms with Crippen LogP contribution < -0.4 is 4.74 Å². The summed E-state index contributed by atoms with van der Waals surface area (Å²) in [7, 11) is 0. The number of thioether (sulfide) groups is 1. The van der Waals surface area contributed by atoms with Crippen LogP contribution in [0.5, 0.6) is 5.75 Å². The lowest BCUT2D eigenvalue weighted by Crippen LogP contribution is -2.32. The second-order valence-electron chi connectivity index (χ2n) is 7.68. The molecular weight excluding hydrogens is 406 g/mol. The summed E-state index contributed by atoms with van der Waals surface area (Å²) in [5.74, 6) is 1.78. The van der Waals surface area contributed by atoms with E-state index in [9.17, 15) is 4.79 Å². The van der Waals surface area contributed by atoms with E-state index in [1.807, 2.05) is 54.5 Å². The molecular formula is C25H23N3O2S. The number of hydrogen-bond donors (Lipinski definition) is 1. The van der Waals surface area contributed by atoms with Gasteiger partial charge in [0.2, 0.25) is 0 Å². The van der Waals surface area contributed by atoms with Crippen molar-refractivity contribution in [1.82, 2.24) is 14.9 Å². The maximum Gasteiger partial charge on any atom is 0.254 e. The van der Waals surface area contributed by atoms with Gasteiger partial charge in [0.1, 0.15) is 18.2 Å². The average Bonchev–Trinajstić information content (AvgIpc) is 3.04. The number of nitrogens with zero attached hydrogens (tertiary/aromatic N) is 2. The Balaban J connectivity index is 1.44. The van der Waals surface area contributed by atoms with Gasteiger partial charge in [-0.15, -0.1) is 11.8 Å². The number of fused-ring (bicyclic) bond motifs is 2. The summed E-state index contributed by atoms with van der Waals surface area (Å²) >= 11 is 1.67. The van der Waals surface area contributed by atoms with Gasteiger partial charge in [0.15, 0.2) is 0 Å². The molecule has 1 aliphatic heterocycles. The van der Waals surface area contributed by atoms with Crippen LogP contribution in [-0.4, -0.2) is 40.2 Å². The van der Waals surface area contributed by atoms with E-state index in [-0.39, 0.29) is 5.91 Å². The van der Waals surface area contributed by atoms with Crippen LogP contribution in [0, 0.1) is 6.92 Å². The maximum atomic E-state index is 13.1. The molecule has 0 saturated heterocycles. The fourth-order valence-electron chi connectivity index (χ4n) is 3.98. The maximum absolute atomic E-state index is 13.1. The molecule has 31 heavy (non-hydrogen) atoms. The molecule has 0 aliphatic carbocycles. The minimum atomic E-state index is 0.0314. The normalized spacial score (nSPS) is 13.5. The topological polar surface area (TPSA) is 58.2 Å². The molecule has 0 saturated carbocycles. The van der Waals surface area contributed by atoms with Crippen LogP contribution in [0.25, 0.3) is 22.2 Å². The standard InChI is InChI=1S/C25H23N3O2S/c1-16-26-22-9-5-19(14-23(22)27-16)18-6-10-24-20(13-18)15-28(11-12-30-24)25(29)17-3-7-21(31-2)8-4-17/h3-10,13-14H,11-12,15H2,1-2H3,(H,26,27). The summed E-state index contributed by atoms with van der Waals surface area (Å²) in [5, 5.41) is 0. The lowest BCUT2D eigenvalue weighted by atomic mass is 10.0. The van der Waals surface area contributed by atoms with E-state index < -0.39 is 0 Å². The van der Waals surface area contributed by atoms with Crippen molar-refractivity contribution in [2.24, 2.45) is 0 Å². The van der Waals surface area contributed by atoms with Crippen molar-refractivity contribution in [3.63, 3.8) is 0 Å². The van der Waals surface area contributed by atoms with Crippen LogP contribution in [0.1, 0.15) is 21.7 Å². The van der Waals surface area contributed by atoms with Gasteiger partial charge in [-0.05, 0) is 72.8 Å². The highest BCUT2D eigenvalue weighted by atomic mass is 32.2. The minimum absolute atomic E-state index is 0.0314. The Hall–Kier alpha value is -3.25. The highest BCUT2D eigenvalue weighted by molar-refractivity contribution is 7.98. The number of amides is 1. The lowest BCUT2D eigenvalue weighted by Gasteiger charge is -2.20. The first kappa shape index (κ1) is 19.7. The van der Waals surface area contributed by atoms with E-state index in [2.05, 4.69) is 34.2 Å². The van der Waals surface area contributed by atoms with Gasteiger partial charge in [0.25, 0.3) is 5.91 Å². The number of aryl methyl sites for hydroxylation is 1. The van der Waals surface area contributed by atoms with Crippen LogP contribution in [0.2, 0.25) is 0 Å². The van der Waals surface area contributed by atoms with Crippen molar-refractivity contribution in [2.75, 3.05) is 19.4 Å². The Morgan fingerprint density at radius 2 is 1.84 bits per heavy atom. The van der Waals surface area contributed by atoms with E-state index in [0.29, 0.717) is 25.3 Å². The molecule has 0 radical (unpaired) electrons. The van der Waals surface area contributed by atoms with Gasteiger partial charge in [-0.1, -0.05) is 12.1 Å². The third-order valence-electron chi connectivity index (χ3n) is 5.60. The summed E-state index contributed by atoms with van der Waals surface area (Å²) in [4.78, 5) is 23.9. The van der Waals surface area contributed by atoms with Gasteiger partial charge in [-0.25, -0.2) is 4.98 Å². The Bertz CT molecular complexity index is 1260. The molecule has 156 valence electrons. The number of aromatic nitrogens is 2. The van der Waals surface area contributed by atoms with E-state index in [4.69, 9.17) is 4.74 Å². The van der Waals surface area contributed by atoms with Crippen LogP contribution >= 0.6 is 11.8 Å². The monoisotopic (exact) mass is 429 g/mol. The van der Waals surface area contributed by atoms with Crippen molar-refractivity contribution in [3.05, 3.63) is 77.6 Å². The molecule has 0 atom stereocenters. The van der Waals surface area contributed by atoms with Crippen molar-refractivity contribution in [1.29, 1.82) is 0 Å². The van der Waals surface area contributed by atoms with E-state index in [1.54, 1.807) is 11.8 Å². The van der Waals surface area contributed by atoms with Gasteiger partial charge in [0.05, 0.1) is 17.6 Å². The van der Waals surface area contributed by atoms with Gasteiger partial charge >= 0.3 is 0 Å². The summed E-state index contributed by atoms with van der Waals surface area (Å²) in [6.45, 7) is 3.53. The summed E-state index contributed by atoms with van der Waals surface area (Å²) in [6, 6.07) is 20.2. The fourth-order valence-corrected chi connectivity index (χ4v) is 4.39. The molecule has 1 amide bonds. The molecule has 5 nitrogen and oxygen atoms in total. The summed E-state index contributed by atoms with van der Waals surface area (Å²) in [6.07, 6.45) is 2.03. The number of ether oxygens (including phenoxy) is 1. The third-order valence-corrected chi connectivity index (χ3v) is 6.34. The van der Waals surface area contributed by atoms with E-state index in [1.165, 1.54) is 0 Å². The van der Waals surface area contributed by atoms with Crippen LogP contribution in [0.3, 0.4) is 0 Å². The van der Waals surface area contributed by atoms with Crippen LogP contribution in [-0.2, 0) is 6.54 Å². The van der Waals surface area contributed by atoms with Crippen molar-refractivity contribution in [2.45, 2.75) is 18.4 Å². The number of carbonyl (C=O) groups excluding carboxylic acids is 1. The highest BCUT2D eigenvalue weighted by Crippen LogP contribution is 2.31. The number of H-pyrrole nitrogens is 1. The zero-order chi connectivity index (χ0) is 21.4. The van der Waals surface area contributed by atoms with Crippen molar-refractivity contribution >= 4 is 28.7 Å². The van der Waals surface area contributed by atoms with E-state index >= 15 is 0 Å². The first-order valence-corrected chi connectivity index (χ1v) is 11.5. The predicted octanol–water partition coefficient (Wildman–Crippen LogP) is 5.30. The molecule has 0 unspecified atom stereocenters. The first-order chi connectivity index (χ1) is 15.1. The number of hydrogen-bond acceptors (Lipinski definition) is 4. The second-order valence-corrected chi connectivity index (χ2v) is 8.56. The molecule has 1 N–H and O–H groups in total. The Kier molecular flexibility index (Phi) is 5.16. The molecule has 0 fully saturated rings. The third kappa shape index (κ3) is 3.91. The molecule has 0 spiro atoms. The average molecular weight is 430 g/mol. The lowest BCUT2D eigenvalue weighted by molar-refractivity contribution is 0.0733. The van der Waals surface area contributed by atoms with Crippen molar-refractivity contribution in [3.8, 4) is 16.9 Å². The van der Waals surface area contributed by atoms with Crippen LogP contribution in [0.15, 0.2) is 65.6 Å². The van der Waals surface area contributed by atoms with Crippen molar-refractivity contribution < 1.29 is 9.53 Å². The summed E-state index contributed by atoms with van der Waals surface area (Å²) < 4.78 is 5.95. The minimum Gasteiger partial charge on any atom is -0.491 e. The predicted molar refractivity (Wildman–Crippen MR) is 125 cm³/mol. The number of aromatic amines is 1. The fraction of sp³-hybridized carbons (Fsp3) is 0.200. The largest absolute Gasteiger partial charge is 0.491 e. The highest BCUT2D eigenvalue weighted by Gasteiger charge is 2.21. The molecule has 1 aliphatic rings. The Morgan fingerprint density at radius 1 is 1.06 bits per heavy atom. The van der Waals surface area contributed by atoms with Gasteiger partial charge in [-0.3, -0.25) is 4.79 Å². The number of nitrogens with one attached hydrogen (secondary N) is 1. The molecule has 4 aromatic rings. The second kappa shape index (κ2) is 8.12. The van der Waals surface area contributed by atoms with Gasteiger partial charge < -0.3 is 14.6 Å². The Morgan fingerprint density at radius 3 is 2.65 bits per heavy atom. The zero-order valence-corrected chi connectivity index (χ0v) is 18.3.